The number of phenolic OH excluding ortho intramolecular Hbond substituents is 2. The second kappa shape index (κ2) is 7.34. The van der Waals surface area contributed by atoms with E-state index in [1.165, 1.54) is 23.5 Å². The van der Waals surface area contributed by atoms with Gasteiger partial charge in [0.05, 0.1) is 10.9 Å². The third kappa shape index (κ3) is 3.23. The van der Waals surface area contributed by atoms with E-state index >= 15 is 0 Å². The largest absolute Gasteiger partial charge is 0.508 e. The second-order valence-corrected chi connectivity index (χ2v) is 8.06. The SMILES string of the molecule is O=c1[nH]c2scc(-c3ccc(-c4ccc(O)cc4O)cc3)c2c(O)c1-c1ccccc1. The van der Waals surface area contributed by atoms with E-state index in [0.29, 0.717) is 21.3 Å². The van der Waals surface area contributed by atoms with Crippen LogP contribution in [-0.2, 0) is 0 Å². The molecule has 0 saturated heterocycles. The third-order valence-electron chi connectivity index (χ3n) is 5.27. The fourth-order valence-corrected chi connectivity index (χ4v) is 4.73. The second-order valence-electron chi connectivity index (χ2n) is 7.18. The van der Waals surface area contributed by atoms with Crippen LogP contribution in [0.15, 0.2) is 83.0 Å². The van der Waals surface area contributed by atoms with Gasteiger partial charge in [0.2, 0.25) is 0 Å². The number of rotatable bonds is 3. The lowest BCUT2D eigenvalue weighted by molar-refractivity contribution is 0.452. The summed E-state index contributed by atoms with van der Waals surface area (Å²) < 4.78 is 0. The zero-order valence-electron chi connectivity index (χ0n) is 16.2. The molecule has 3 aromatic carbocycles. The number of aromatic nitrogens is 1. The Kier molecular flexibility index (Phi) is 4.49. The topological polar surface area (TPSA) is 93.6 Å². The molecule has 0 fully saturated rings. The van der Waals surface area contributed by atoms with Crippen molar-refractivity contribution in [3.8, 4) is 50.6 Å². The van der Waals surface area contributed by atoms with Crippen molar-refractivity contribution in [1.29, 1.82) is 0 Å². The zero-order chi connectivity index (χ0) is 21.5. The Morgan fingerprint density at radius 1 is 0.742 bits per heavy atom. The number of pyridine rings is 1. The third-order valence-corrected chi connectivity index (χ3v) is 6.16. The van der Waals surface area contributed by atoms with Gasteiger partial charge in [-0.25, -0.2) is 0 Å². The lowest BCUT2D eigenvalue weighted by Gasteiger charge is -2.09. The molecule has 5 nitrogen and oxygen atoms in total. The monoisotopic (exact) mass is 427 g/mol. The Labute approximate surface area is 181 Å². The Bertz CT molecular complexity index is 1470. The summed E-state index contributed by atoms with van der Waals surface area (Å²) in [6, 6.07) is 21.1. The summed E-state index contributed by atoms with van der Waals surface area (Å²) >= 11 is 1.36. The Hall–Kier alpha value is -4.03. The minimum Gasteiger partial charge on any atom is -0.508 e. The van der Waals surface area contributed by atoms with Gasteiger partial charge in [0.1, 0.15) is 22.1 Å². The number of hydrogen-bond donors (Lipinski definition) is 4. The van der Waals surface area contributed by atoms with E-state index in [-0.39, 0.29) is 28.4 Å². The van der Waals surface area contributed by atoms with Crippen LogP contribution in [0.5, 0.6) is 17.2 Å². The first-order valence-corrected chi connectivity index (χ1v) is 10.5. The van der Waals surface area contributed by atoms with Gasteiger partial charge in [-0.05, 0) is 28.8 Å². The Balaban J connectivity index is 1.63. The van der Waals surface area contributed by atoms with Gasteiger partial charge < -0.3 is 20.3 Å². The highest BCUT2D eigenvalue weighted by molar-refractivity contribution is 7.17. The summed E-state index contributed by atoms with van der Waals surface area (Å²) in [4.78, 5) is 16.1. The van der Waals surface area contributed by atoms with Crippen molar-refractivity contribution in [2.75, 3.05) is 0 Å². The molecule has 0 atom stereocenters. The summed E-state index contributed by atoms with van der Waals surface area (Å²) in [5.41, 5.74) is 3.66. The van der Waals surface area contributed by atoms with Crippen LogP contribution in [0, 0.1) is 0 Å². The van der Waals surface area contributed by atoms with Crippen LogP contribution in [0.3, 0.4) is 0 Å². The first-order valence-electron chi connectivity index (χ1n) is 9.57. The van der Waals surface area contributed by atoms with E-state index in [9.17, 15) is 20.1 Å². The molecule has 5 aromatic rings. The maximum absolute atomic E-state index is 12.6. The number of thiophene rings is 1. The smallest absolute Gasteiger partial charge is 0.260 e. The molecule has 0 unspecified atom stereocenters. The first-order chi connectivity index (χ1) is 15.0. The standard InChI is InChI=1S/C25H17NO4S/c27-17-10-11-18(20(28)12-17)14-6-8-15(9-7-14)19-13-31-25-22(19)23(29)21(24(30)26-25)16-4-2-1-3-5-16/h1-13,27-28H,(H2,26,29,30). The van der Waals surface area contributed by atoms with Gasteiger partial charge >= 0.3 is 0 Å². The van der Waals surface area contributed by atoms with Crippen LogP contribution in [0.4, 0.5) is 0 Å². The Morgan fingerprint density at radius 3 is 2.10 bits per heavy atom. The summed E-state index contributed by atoms with van der Waals surface area (Å²) in [5.74, 6) is -0.0424. The van der Waals surface area contributed by atoms with E-state index < -0.39 is 0 Å². The van der Waals surface area contributed by atoms with Crippen molar-refractivity contribution >= 4 is 21.6 Å². The average molecular weight is 427 g/mol. The molecule has 31 heavy (non-hydrogen) atoms. The van der Waals surface area contributed by atoms with Crippen molar-refractivity contribution < 1.29 is 15.3 Å². The molecular formula is C25H17NO4S. The van der Waals surface area contributed by atoms with Crippen molar-refractivity contribution in [3.05, 3.63) is 88.5 Å². The van der Waals surface area contributed by atoms with Crippen LogP contribution in [0.25, 0.3) is 43.6 Å². The van der Waals surface area contributed by atoms with Gasteiger partial charge in [-0.15, -0.1) is 11.3 Å². The molecule has 2 aromatic heterocycles. The molecule has 5 rings (SSSR count). The molecule has 152 valence electrons. The van der Waals surface area contributed by atoms with E-state index in [0.717, 1.165) is 16.7 Å². The number of aromatic amines is 1. The molecule has 0 spiro atoms. The number of H-pyrrole nitrogens is 1. The molecular weight excluding hydrogens is 410 g/mol. The van der Waals surface area contributed by atoms with E-state index in [1.807, 2.05) is 47.8 Å². The molecule has 6 heteroatoms. The predicted octanol–water partition coefficient (Wildman–Crippen LogP) is 5.71. The number of nitrogens with one attached hydrogen (secondary N) is 1. The van der Waals surface area contributed by atoms with Crippen molar-refractivity contribution in [1.82, 2.24) is 4.98 Å². The van der Waals surface area contributed by atoms with Gasteiger partial charge in [0, 0.05) is 22.6 Å². The summed E-state index contributed by atoms with van der Waals surface area (Å²) in [5, 5.41) is 33.2. The molecule has 0 bridgehead atoms. The first kappa shape index (κ1) is 19.0. The maximum atomic E-state index is 12.6. The summed E-state index contributed by atoms with van der Waals surface area (Å²) in [6.07, 6.45) is 0. The average Bonchev–Trinajstić information content (AvgIpc) is 3.19. The molecule has 0 amide bonds. The highest BCUT2D eigenvalue weighted by atomic mass is 32.1. The number of aromatic hydroxyl groups is 3. The Morgan fingerprint density at radius 2 is 1.42 bits per heavy atom. The van der Waals surface area contributed by atoms with Crippen molar-refractivity contribution in [3.63, 3.8) is 0 Å². The fourth-order valence-electron chi connectivity index (χ4n) is 3.76. The van der Waals surface area contributed by atoms with Crippen LogP contribution in [0.1, 0.15) is 0 Å². The van der Waals surface area contributed by atoms with Gasteiger partial charge in [-0.2, -0.15) is 0 Å². The highest BCUT2D eigenvalue weighted by Crippen LogP contribution is 2.42. The van der Waals surface area contributed by atoms with Gasteiger partial charge in [0.15, 0.2) is 0 Å². The molecule has 0 aliphatic heterocycles. The fraction of sp³-hybridized carbons (Fsp3) is 0. The number of benzene rings is 3. The molecule has 2 heterocycles. The van der Waals surface area contributed by atoms with Gasteiger partial charge in [-0.3, -0.25) is 4.79 Å². The maximum Gasteiger partial charge on any atom is 0.260 e. The molecule has 4 N–H and O–H groups in total. The molecule has 0 saturated carbocycles. The van der Waals surface area contributed by atoms with Crippen LogP contribution < -0.4 is 5.56 Å². The summed E-state index contributed by atoms with van der Waals surface area (Å²) in [6.45, 7) is 0. The quantitative estimate of drug-likeness (QED) is 0.297. The predicted molar refractivity (Wildman–Crippen MR) is 124 cm³/mol. The zero-order valence-corrected chi connectivity index (χ0v) is 17.0. The number of fused-ring (bicyclic) bond motifs is 1. The number of hydrogen-bond acceptors (Lipinski definition) is 5. The van der Waals surface area contributed by atoms with Crippen LogP contribution in [0.2, 0.25) is 0 Å². The van der Waals surface area contributed by atoms with E-state index in [1.54, 1.807) is 18.2 Å². The molecule has 0 aliphatic carbocycles. The van der Waals surface area contributed by atoms with E-state index in [2.05, 4.69) is 4.98 Å². The van der Waals surface area contributed by atoms with Crippen molar-refractivity contribution in [2.24, 2.45) is 0 Å². The lowest BCUT2D eigenvalue weighted by atomic mass is 9.98. The lowest BCUT2D eigenvalue weighted by Crippen LogP contribution is -2.08. The van der Waals surface area contributed by atoms with Crippen molar-refractivity contribution in [2.45, 2.75) is 0 Å². The van der Waals surface area contributed by atoms with Crippen LogP contribution in [-0.4, -0.2) is 20.3 Å². The molecule has 0 aliphatic rings. The van der Waals surface area contributed by atoms with Gasteiger partial charge in [0.25, 0.3) is 5.56 Å². The normalized spacial score (nSPS) is 11.1. The molecule has 0 radical (unpaired) electrons. The van der Waals surface area contributed by atoms with Crippen LogP contribution >= 0.6 is 11.3 Å². The minimum atomic E-state index is -0.331. The van der Waals surface area contributed by atoms with E-state index in [4.69, 9.17) is 0 Å². The minimum absolute atomic E-state index is 0.00120. The number of phenols is 2. The highest BCUT2D eigenvalue weighted by Gasteiger charge is 2.19. The van der Waals surface area contributed by atoms with Gasteiger partial charge in [-0.1, -0.05) is 54.6 Å². The summed E-state index contributed by atoms with van der Waals surface area (Å²) in [7, 11) is 0.